The zero-order chi connectivity index (χ0) is 15.9. The molecule has 0 radical (unpaired) electrons. The molecule has 0 spiro atoms. The Kier molecular flexibility index (Phi) is 5.83. The van der Waals surface area contributed by atoms with E-state index in [0.29, 0.717) is 6.54 Å². The molecule has 0 bridgehead atoms. The molecule has 120 valence electrons. The van der Waals surface area contributed by atoms with Crippen LogP contribution in [0.2, 0.25) is 0 Å². The molecular weight excluding hydrogens is 278 g/mol. The van der Waals surface area contributed by atoms with Crippen LogP contribution in [0, 0.1) is 5.92 Å². The number of benzene rings is 1. The molecule has 1 aromatic carbocycles. The molecule has 1 aliphatic rings. The van der Waals surface area contributed by atoms with Crippen molar-refractivity contribution in [2.75, 3.05) is 25.1 Å². The van der Waals surface area contributed by atoms with Crippen LogP contribution >= 0.6 is 0 Å². The van der Waals surface area contributed by atoms with Crippen LogP contribution in [0.15, 0.2) is 42.5 Å². The number of amides is 2. The lowest BCUT2D eigenvalue weighted by molar-refractivity contribution is 0.231. The van der Waals surface area contributed by atoms with Gasteiger partial charge in [-0.3, -0.25) is 0 Å². The minimum atomic E-state index is -0.165. The van der Waals surface area contributed by atoms with Gasteiger partial charge in [-0.2, -0.15) is 0 Å². The fraction of sp³-hybridized carbons (Fsp3) is 0.471. The van der Waals surface area contributed by atoms with Crippen LogP contribution in [0.4, 0.5) is 10.5 Å². The van der Waals surface area contributed by atoms with Gasteiger partial charge in [0.15, 0.2) is 0 Å². The lowest BCUT2D eigenvalue weighted by atomic mass is 10.1. The first-order valence-corrected chi connectivity index (χ1v) is 7.71. The quantitative estimate of drug-likeness (QED) is 0.702. The van der Waals surface area contributed by atoms with Crippen molar-refractivity contribution in [3.8, 4) is 0 Å². The van der Waals surface area contributed by atoms with Crippen LogP contribution in [-0.4, -0.2) is 43.4 Å². The fourth-order valence-corrected chi connectivity index (χ4v) is 2.53. The third kappa shape index (κ3) is 4.49. The van der Waals surface area contributed by atoms with Crippen molar-refractivity contribution in [3.05, 3.63) is 42.5 Å². The molecule has 22 heavy (non-hydrogen) atoms. The highest BCUT2D eigenvalue weighted by Gasteiger charge is 2.20. The third-order valence-corrected chi connectivity index (χ3v) is 4.11. The Morgan fingerprint density at radius 1 is 1.36 bits per heavy atom. The number of aliphatic hydroxyl groups is 1. The van der Waals surface area contributed by atoms with Gasteiger partial charge in [0, 0.05) is 43.9 Å². The van der Waals surface area contributed by atoms with Gasteiger partial charge in [-0.1, -0.05) is 30.4 Å². The van der Waals surface area contributed by atoms with Gasteiger partial charge >= 0.3 is 6.03 Å². The molecule has 0 unspecified atom stereocenters. The molecule has 1 aromatic rings. The number of hydrogen-bond acceptors (Lipinski definition) is 3. The molecular formula is C17H25N3O2. The maximum atomic E-state index is 11.9. The van der Waals surface area contributed by atoms with Crippen LogP contribution in [-0.2, 0) is 0 Å². The number of carbonyl (C=O) groups excluding carboxylic acids is 1. The molecule has 2 amide bonds. The lowest BCUT2D eigenvalue weighted by Gasteiger charge is -2.27. The Bertz CT molecular complexity index is 504. The van der Waals surface area contributed by atoms with Gasteiger partial charge in [-0.05, 0) is 25.5 Å². The minimum Gasteiger partial charge on any atom is -0.396 e. The molecule has 0 saturated carbocycles. The zero-order valence-electron chi connectivity index (χ0n) is 13.2. The molecule has 0 saturated heterocycles. The van der Waals surface area contributed by atoms with Crippen LogP contribution in [0.1, 0.15) is 13.3 Å². The number of carbonyl (C=O) groups is 1. The van der Waals surface area contributed by atoms with E-state index < -0.39 is 0 Å². The molecule has 1 aliphatic carbocycles. The summed E-state index contributed by atoms with van der Waals surface area (Å²) in [5.74, 6) is 0.161. The predicted molar refractivity (Wildman–Crippen MR) is 89.0 cm³/mol. The van der Waals surface area contributed by atoms with Crippen molar-refractivity contribution >= 4 is 11.7 Å². The number of likely N-dealkylation sites (N-methyl/N-ethyl adjacent to an activating group) is 1. The van der Waals surface area contributed by atoms with Gasteiger partial charge < -0.3 is 20.6 Å². The maximum absolute atomic E-state index is 11.9. The molecule has 5 heteroatoms. The molecule has 0 aliphatic heterocycles. The predicted octanol–water partition coefficient (Wildman–Crippen LogP) is 1.75. The zero-order valence-corrected chi connectivity index (χ0v) is 13.2. The Morgan fingerprint density at radius 3 is 2.73 bits per heavy atom. The molecule has 2 rings (SSSR count). The van der Waals surface area contributed by atoms with E-state index in [2.05, 4.69) is 34.6 Å². The van der Waals surface area contributed by atoms with Gasteiger partial charge in [0.2, 0.25) is 0 Å². The average Bonchev–Trinajstić information content (AvgIpc) is 3.00. The van der Waals surface area contributed by atoms with E-state index in [1.165, 1.54) is 0 Å². The van der Waals surface area contributed by atoms with Crippen LogP contribution < -0.4 is 15.5 Å². The van der Waals surface area contributed by atoms with E-state index in [1.54, 1.807) is 0 Å². The summed E-state index contributed by atoms with van der Waals surface area (Å²) < 4.78 is 0. The summed E-state index contributed by atoms with van der Waals surface area (Å²) in [5, 5.41) is 14.9. The van der Waals surface area contributed by atoms with Gasteiger partial charge in [-0.15, -0.1) is 0 Å². The monoisotopic (exact) mass is 303 g/mol. The molecule has 3 N–H and O–H groups in total. The number of anilines is 1. The first-order valence-electron chi connectivity index (χ1n) is 7.71. The van der Waals surface area contributed by atoms with Crippen LogP contribution in [0.25, 0.3) is 0 Å². The van der Waals surface area contributed by atoms with Gasteiger partial charge in [0.05, 0.1) is 0 Å². The van der Waals surface area contributed by atoms with E-state index in [0.717, 1.165) is 12.1 Å². The maximum Gasteiger partial charge on any atom is 0.315 e. The molecule has 5 nitrogen and oxygen atoms in total. The number of nitrogens with one attached hydrogen (secondary N) is 2. The summed E-state index contributed by atoms with van der Waals surface area (Å²) >= 11 is 0. The second-order valence-corrected chi connectivity index (χ2v) is 5.82. The van der Waals surface area contributed by atoms with Crippen LogP contribution in [0.5, 0.6) is 0 Å². The Balaban J connectivity index is 1.73. The number of rotatable bonds is 6. The third-order valence-electron chi connectivity index (χ3n) is 4.11. The summed E-state index contributed by atoms with van der Waals surface area (Å²) in [7, 11) is 2.02. The van der Waals surface area contributed by atoms with Crippen LogP contribution in [0.3, 0.4) is 0 Å². The summed E-state index contributed by atoms with van der Waals surface area (Å²) in [6, 6.07) is 10.1. The summed E-state index contributed by atoms with van der Waals surface area (Å²) in [6.45, 7) is 2.77. The second-order valence-electron chi connectivity index (χ2n) is 5.82. The summed E-state index contributed by atoms with van der Waals surface area (Å²) in [5.41, 5.74) is 1.13. The number of urea groups is 1. The largest absolute Gasteiger partial charge is 0.396 e. The van der Waals surface area contributed by atoms with Gasteiger partial charge in [0.1, 0.15) is 0 Å². The number of hydrogen-bond donors (Lipinski definition) is 3. The van der Waals surface area contributed by atoms with Crippen molar-refractivity contribution in [1.82, 2.24) is 10.6 Å². The Hall–Kier alpha value is -2.01. The molecule has 0 fully saturated rings. The molecule has 3 atom stereocenters. The van der Waals surface area contributed by atoms with E-state index in [9.17, 15) is 4.79 Å². The van der Waals surface area contributed by atoms with Crippen molar-refractivity contribution in [2.24, 2.45) is 5.92 Å². The fourth-order valence-electron chi connectivity index (χ4n) is 2.53. The normalized spacial score (nSPS) is 21.4. The van der Waals surface area contributed by atoms with Crippen molar-refractivity contribution in [1.29, 1.82) is 0 Å². The molecule has 0 heterocycles. The Morgan fingerprint density at radius 2 is 2.09 bits per heavy atom. The van der Waals surface area contributed by atoms with E-state index >= 15 is 0 Å². The Labute approximate surface area is 132 Å². The number of aliphatic hydroxyl groups excluding tert-OH is 1. The van der Waals surface area contributed by atoms with E-state index in [-0.39, 0.29) is 30.6 Å². The standard InChI is InChI=1S/C17H25N3O2/c1-13(20(2)16-6-4-3-5-7-16)11-18-17(22)19-15-9-8-14(10-15)12-21/h3-9,13-15,21H,10-12H2,1-2H3,(H2,18,19,22)/t13-,14-,15+/m0/s1. The second kappa shape index (κ2) is 7.84. The van der Waals surface area contributed by atoms with E-state index in [4.69, 9.17) is 5.11 Å². The highest BCUT2D eigenvalue weighted by molar-refractivity contribution is 5.74. The average molecular weight is 303 g/mol. The van der Waals surface area contributed by atoms with Gasteiger partial charge in [-0.25, -0.2) is 4.79 Å². The lowest BCUT2D eigenvalue weighted by Crippen LogP contribution is -2.46. The van der Waals surface area contributed by atoms with Gasteiger partial charge in [0.25, 0.3) is 0 Å². The smallest absolute Gasteiger partial charge is 0.315 e. The first kappa shape index (κ1) is 16.4. The summed E-state index contributed by atoms with van der Waals surface area (Å²) in [6.07, 6.45) is 4.67. The van der Waals surface area contributed by atoms with E-state index in [1.807, 2.05) is 37.4 Å². The SMILES string of the molecule is C[C@@H](CNC(=O)N[C@@H]1C=C[C@H](CO)C1)N(C)c1ccccc1. The topological polar surface area (TPSA) is 64.6 Å². The number of para-hydroxylation sites is 1. The van der Waals surface area contributed by atoms with Crippen molar-refractivity contribution in [3.63, 3.8) is 0 Å². The first-order chi connectivity index (χ1) is 10.6. The number of nitrogens with zero attached hydrogens (tertiary/aromatic N) is 1. The highest BCUT2D eigenvalue weighted by Crippen LogP contribution is 2.17. The van der Waals surface area contributed by atoms with Crippen molar-refractivity contribution in [2.45, 2.75) is 25.4 Å². The molecule has 0 aromatic heterocycles. The summed E-state index contributed by atoms with van der Waals surface area (Å²) in [4.78, 5) is 14.1. The minimum absolute atomic E-state index is 0.0132. The van der Waals surface area contributed by atoms with Crippen molar-refractivity contribution < 1.29 is 9.90 Å². The highest BCUT2D eigenvalue weighted by atomic mass is 16.3.